The van der Waals surface area contributed by atoms with Crippen LogP contribution in [0.25, 0.3) is 72.3 Å². The molecule has 0 spiro atoms. The van der Waals surface area contributed by atoms with Crippen molar-refractivity contribution in [1.29, 1.82) is 0 Å². The van der Waals surface area contributed by atoms with Gasteiger partial charge >= 0.3 is 0 Å². The summed E-state index contributed by atoms with van der Waals surface area (Å²) in [5.41, 5.74) is 7.70. The van der Waals surface area contributed by atoms with Gasteiger partial charge < -0.3 is 13.9 Å². The summed E-state index contributed by atoms with van der Waals surface area (Å²) >= 11 is 0. The predicted molar refractivity (Wildman–Crippen MR) is 248 cm³/mol. The minimum Gasteiger partial charge on any atom is -0.510 e. The third kappa shape index (κ3) is 7.67. The molecule has 3 aromatic heterocycles. The van der Waals surface area contributed by atoms with Crippen molar-refractivity contribution in [3.8, 4) is 50.9 Å². The number of aromatic nitrogens is 4. The van der Waals surface area contributed by atoms with E-state index in [1.165, 1.54) is 0 Å². The van der Waals surface area contributed by atoms with Gasteiger partial charge in [0.05, 0.1) is 23.6 Å². The SMILES string of the molecule is [2H]c1c([2H])c([2H])c(-c2cccc(-c3cccc(C([2H])([2H])C(C)C)c3)c2-[n+]2[c-]n(-c3[c-]c(Oc4[c-]c5c(cc4)c4ccccc4n5-c4cc(C(C)(C)C)ccn4)ccc3)c3ccccc32)c([2H])c1[2H].[Pt]. The van der Waals surface area contributed by atoms with Crippen molar-refractivity contribution in [2.75, 3.05) is 0 Å². The molecule has 3 heterocycles. The molecule has 0 saturated heterocycles. The molecule has 0 saturated carbocycles. The van der Waals surface area contributed by atoms with Crippen LogP contribution in [0, 0.1) is 24.4 Å². The average Bonchev–Trinajstić information content (AvgIpc) is 3.88. The Bertz CT molecular complexity index is 3600. The second kappa shape index (κ2) is 16.7. The first-order valence-corrected chi connectivity index (χ1v) is 20.4. The van der Waals surface area contributed by atoms with Gasteiger partial charge in [0.15, 0.2) is 0 Å². The molecule has 10 rings (SSSR count). The standard InChI is InChI=1S/C56H46N4O.Pt/c1-38(2)32-39-16-13-19-41(33-39)47-24-15-23-46(40-17-7-6-8-18-40)55(47)59-37-58(51-26-11-12-27-52(51)59)43-20-14-21-44(35-43)61-45-28-29-49-48-22-9-10-25-50(48)60(53(49)36-45)54-34-42(30-31-57-54)56(3,4)5;/h6-31,33-34,38H,32H2,1-5H3;/q-2;/i6D,7D,8D,17D,18D,32D2;. The molecule has 0 atom stereocenters. The average molecular weight is 993 g/mol. The van der Waals surface area contributed by atoms with Crippen molar-refractivity contribution in [3.63, 3.8) is 0 Å². The predicted octanol–water partition coefficient (Wildman–Crippen LogP) is 13.4. The zero-order chi connectivity index (χ0) is 47.8. The Morgan fingerprint density at radius 3 is 2.26 bits per heavy atom. The van der Waals surface area contributed by atoms with Crippen LogP contribution in [0.1, 0.15) is 55.3 Å². The number of hydrogen-bond acceptors (Lipinski definition) is 2. The maximum atomic E-state index is 9.08. The molecule has 5 nitrogen and oxygen atoms in total. The number of fused-ring (bicyclic) bond motifs is 4. The number of ether oxygens (including phenoxy) is 1. The molecule has 0 amide bonds. The fourth-order valence-corrected chi connectivity index (χ4v) is 8.04. The van der Waals surface area contributed by atoms with Crippen LogP contribution in [0.15, 0.2) is 170 Å². The first-order valence-electron chi connectivity index (χ1n) is 23.9. The minimum absolute atomic E-state index is 0. The van der Waals surface area contributed by atoms with E-state index in [-0.39, 0.29) is 50.0 Å². The van der Waals surface area contributed by atoms with Crippen molar-refractivity contribution >= 4 is 32.8 Å². The Balaban J connectivity index is 0.00000593. The van der Waals surface area contributed by atoms with Crippen LogP contribution >= 0.6 is 0 Å². The van der Waals surface area contributed by atoms with Gasteiger partial charge in [-0.1, -0.05) is 155 Å². The van der Waals surface area contributed by atoms with Crippen LogP contribution < -0.4 is 9.30 Å². The van der Waals surface area contributed by atoms with E-state index in [4.69, 9.17) is 19.3 Å². The maximum Gasteiger partial charge on any atom is 0.268 e. The van der Waals surface area contributed by atoms with Gasteiger partial charge in [0.2, 0.25) is 0 Å². The van der Waals surface area contributed by atoms with Crippen LogP contribution in [0.5, 0.6) is 11.5 Å². The van der Waals surface area contributed by atoms with E-state index in [2.05, 4.69) is 68.1 Å². The Hall–Kier alpha value is -6.55. The van der Waals surface area contributed by atoms with Crippen LogP contribution in [0.4, 0.5) is 0 Å². The second-order valence-electron chi connectivity index (χ2n) is 16.4. The molecule has 0 fully saturated rings. The van der Waals surface area contributed by atoms with Gasteiger partial charge in [0, 0.05) is 47.0 Å². The first kappa shape index (κ1) is 33.1. The molecule has 7 aromatic carbocycles. The molecule has 0 unspecified atom stereocenters. The molecule has 0 aliphatic carbocycles. The summed E-state index contributed by atoms with van der Waals surface area (Å²) in [6, 6.07) is 47.4. The fourth-order valence-electron chi connectivity index (χ4n) is 8.04. The summed E-state index contributed by atoms with van der Waals surface area (Å²) in [7, 11) is 0. The molecular weight excluding hydrogens is 940 g/mol. The molecule has 0 N–H and O–H groups in total. The van der Waals surface area contributed by atoms with Gasteiger partial charge in [-0.05, 0) is 80.4 Å². The first-order chi connectivity index (χ1) is 32.5. The normalized spacial score (nSPS) is 13.5. The van der Waals surface area contributed by atoms with Crippen molar-refractivity contribution in [1.82, 2.24) is 14.1 Å². The summed E-state index contributed by atoms with van der Waals surface area (Å²) in [4.78, 5) is 4.82. The van der Waals surface area contributed by atoms with E-state index in [0.717, 1.165) is 38.7 Å². The zero-order valence-corrected chi connectivity index (χ0v) is 37.1. The summed E-state index contributed by atoms with van der Waals surface area (Å²) in [6.45, 7) is 10.2. The quantitative estimate of drug-likeness (QED) is 0.107. The summed E-state index contributed by atoms with van der Waals surface area (Å²) < 4.78 is 74.0. The number of imidazole rings is 1. The van der Waals surface area contributed by atoms with Crippen molar-refractivity contribution in [2.45, 2.75) is 46.4 Å². The maximum absolute atomic E-state index is 9.08. The van der Waals surface area contributed by atoms with Gasteiger partial charge in [-0.25, -0.2) is 4.98 Å². The second-order valence-corrected chi connectivity index (χ2v) is 16.4. The molecule has 308 valence electrons. The topological polar surface area (TPSA) is 35.9 Å². The molecule has 10 aromatic rings. The van der Waals surface area contributed by atoms with E-state index in [0.29, 0.717) is 50.6 Å². The number of pyridine rings is 1. The van der Waals surface area contributed by atoms with Gasteiger partial charge in [0.25, 0.3) is 6.33 Å². The van der Waals surface area contributed by atoms with Gasteiger partial charge in [-0.3, -0.25) is 4.57 Å². The molecule has 0 bridgehead atoms. The van der Waals surface area contributed by atoms with Crippen LogP contribution in [-0.2, 0) is 32.9 Å². The monoisotopic (exact) mass is 992 g/mol. The van der Waals surface area contributed by atoms with E-state index in [9.17, 15) is 0 Å². The third-order valence-corrected chi connectivity index (χ3v) is 10.8. The number of rotatable bonds is 9. The molecule has 62 heavy (non-hydrogen) atoms. The fraction of sp³-hybridized carbons (Fsp3) is 0.143. The Morgan fingerprint density at radius 1 is 0.726 bits per heavy atom. The van der Waals surface area contributed by atoms with Crippen molar-refractivity contribution in [3.05, 3.63) is 199 Å². The van der Waals surface area contributed by atoms with E-state index in [1.54, 1.807) is 18.2 Å². The van der Waals surface area contributed by atoms with E-state index < -0.39 is 24.5 Å². The number of para-hydroxylation sites is 4. The number of benzene rings is 7. The van der Waals surface area contributed by atoms with Crippen LogP contribution in [0.3, 0.4) is 0 Å². The smallest absolute Gasteiger partial charge is 0.268 e. The number of nitrogens with zero attached hydrogens (tertiary/aromatic N) is 4. The largest absolute Gasteiger partial charge is 0.510 e. The van der Waals surface area contributed by atoms with Crippen molar-refractivity contribution in [2.24, 2.45) is 5.92 Å². The Labute approximate surface area is 388 Å². The van der Waals surface area contributed by atoms with Gasteiger partial charge in [0.1, 0.15) is 5.82 Å². The summed E-state index contributed by atoms with van der Waals surface area (Å²) in [5.74, 6) is 1.39. The number of hydrogen-bond donors (Lipinski definition) is 0. The van der Waals surface area contributed by atoms with Crippen LogP contribution in [0.2, 0.25) is 0 Å². The van der Waals surface area contributed by atoms with Crippen molar-refractivity contribution < 1.29 is 40.0 Å². The summed E-state index contributed by atoms with van der Waals surface area (Å²) in [5, 5.41) is 2.09. The molecule has 0 aliphatic rings. The molecule has 0 aliphatic heterocycles. The van der Waals surface area contributed by atoms with Crippen LogP contribution in [-0.4, -0.2) is 14.1 Å². The molecule has 6 heteroatoms. The molecule has 0 radical (unpaired) electrons. The minimum atomic E-state index is -1.64. The Kier molecular flexibility index (Phi) is 8.93. The molecular formula is C56H46N4OPt-2. The van der Waals surface area contributed by atoms with E-state index >= 15 is 0 Å². The van der Waals surface area contributed by atoms with Gasteiger partial charge in [-0.2, -0.15) is 18.2 Å². The third-order valence-electron chi connectivity index (χ3n) is 10.8. The Morgan fingerprint density at radius 2 is 1.45 bits per heavy atom. The van der Waals surface area contributed by atoms with E-state index in [1.807, 2.05) is 120 Å². The zero-order valence-electron chi connectivity index (χ0n) is 41.9. The summed E-state index contributed by atoms with van der Waals surface area (Å²) in [6.07, 6.45) is 3.77. The van der Waals surface area contributed by atoms with Gasteiger partial charge in [-0.15, -0.1) is 29.7 Å².